The zero-order valence-electron chi connectivity index (χ0n) is 14.5. The van der Waals surface area contributed by atoms with E-state index in [9.17, 15) is 0 Å². The predicted molar refractivity (Wildman–Crippen MR) is 108 cm³/mol. The van der Waals surface area contributed by atoms with Gasteiger partial charge in [0.1, 0.15) is 0 Å². The first kappa shape index (κ1) is 17.2. The van der Waals surface area contributed by atoms with Crippen LogP contribution in [0.1, 0.15) is 17.5 Å². The molecule has 130 valence electrons. The number of hydrogen-bond donors (Lipinski definition) is 0. The highest BCUT2D eigenvalue weighted by molar-refractivity contribution is 7.99. The number of benzene rings is 2. The van der Waals surface area contributed by atoms with Gasteiger partial charge in [-0.05, 0) is 54.4 Å². The van der Waals surface area contributed by atoms with Crippen molar-refractivity contribution in [1.29, 1.82) is 0 Å². The fraction of sp³-hybridized carbons (Fsp3) is 0.333. The predicted octanol–water partition coefficient (Wildman–Crippen LogP) is 4.87. The van der Waals surface area contributed by atoms with Crippen LogP contribution in [0.25, 0.3) is 5.57 Å². The second-order valence-electron chi connectivity index (χ2n) is 6.79. The molecule has 2 nitrogen and oxygen atoms in total. The minimum atomic E-state index is 0.809. The molecule has 2 aromatic rings. The number of halogens is 1. The summed E-state index contributed by atoms with van der Waals surface area (Å²) in [5.41, 5.74) is 3.94. The first-order valence-corrected chi connectivity index (χ1v) is 10.1. The summed E-state index contributed by atoms with van der Waals surface area (Å²) in [6.07, 6.45) is 3.48. The Balaban J connectivity index is 1.58. The third-order valence-electron chi connectivity index (χ3n) is 5.02. The first-order valence-electron chi connectivity index (χ1n) is 8.89. The first-order chi connectivity index (χ1) is 12.2. The largest absolute Gasteiger partial charge is 0.304 e. The Bertz CT molecular complexity index is 794. The van der Waals surface area contributed by atoms with Crippen LogP contribution in [-0.2, 0) is 0 Å². The molecule has 0 aliphatic carbocycles. The van der Waals surface area contributed by atoms with E-state index >= 15 is 0 Å². The van der Waals surface area contributed by atoms with Crippen LogP contribution in [0, 0.1) is 0 Å². The van der Waals surface area contributed by atoms with E-state index in [1.54, 1.807) is 0 Å². The van der Waals surface area contributed by atoms with Crippen molar-refractivity contribution in [2.24, 2.45) is 0 Å². The molecule has 0 spiro atoms. The zero-order chi connectivity index (χ0) is 17.2. The van der Waals surface area contributed by atoms with E-state index in [4.69, 9.17) is 11.6 Å². The smallest absolute Gasteiger partial charge is 0.0412 e. The third-order valence-corrected chi connectivity index (χ3v) is 6.41. The average molecular weight is 371 g/mol. The van der Waals surface area contributed by atoms with E-state index in [0.717, 1.165) is 18.0 Å². The Morgan fingerprint density at radius 3 is 2.60 bits per heavy atom. The molecule has 0 aromatic heterocycles. The van der Waals surface area contributed by atoms with Gasteiger partial charge in [-0.15, -0.1) is 0 Å². The molecule has 25 heavy (non-hydrogen) atoms. The maximum absolute atomic E-state index is 6.29. The summed E-state index contributed by atoms with van der Waals surface area (Å²) in [5, 5.41) is 0.809. The van der Waals surface area contributed by atoms with Crippen LogP contribution in [0.2, 0.25) is 5.02 Å². The number of likely N-dealkylation sites (N-methyl/N-ethyl adjacent to an activating group) is 1. The molecule has 4 rings (SSSR count). The van der Waals surface area contributed by atoms with E-state index in [1.165, 1.54) is 52.7 Å². The molecule has 0 N–H and O–H groups in total. The van der Waals surface area contributed by atoms with Crippen LogP contribution in [0.3, 0.4) is 0 Å². The second-order valence-corrected chi connectivity index (χ2v) is 8.31. The molecule has 1 fully saturated rings. The van der Waals surface area contributed by atoms with Gasteiger partial charge in [0.15, 0.2) is 0 Å². The Labute approximate surface area is 159 Å². The van der Waals surface area contributed by atoms with Gasteiger partial charge in [0.25, 0.3) is 0 Å². The fourth-order valence-corrected chi connectivity index (χ4v) is 4.78. The Morgan fingerprint density at radius 1 is 1.00 bits per heavy atom. The molecule has 4 heteroatoms. The number of piperazine rings is 1. The standard InChI is InChI=1S/C21H23ClN2S/c1-23-11-13-24(14-12-23)10-4-6-17-18-5-2-3-7-20(18)25-21-9-8-16(22)15-19(17)21/h2-3,5-9,15H,4,10-14H2,1H3/b17-6-. The maximum Gasteiger partial charge on any atom is 0.0412 e. The summed E-state index contributed by atoms with van der Waals surface area (Å²) in [4.78, 5) is 7.61. The SMILES string of the molecule is CN1CCN(CC/C=C2/c3ccccc3Sc3ccc(Cl)cc32)CC1. The van der Waals surface area contributed by atoms with Crippen LogP contribution in [0.15, 0.2) is 58.3 Å². The summed E-state index contributed by atoms with van der Waals surface area (Å²) in [5.74, 6) is 0. The summed E-state index contributed by atoms with van der Waals surface area (Å²) in [7, 11) is 2.20. The molecule has 0 unspecified atom stereocenters. The van der Waals surface area contributed by atoms with E-state index in [2.05, 4.69) is 59.3 Å². The van der Waals surface area contributed by atoms with Crippen molar-refractivity contribution in [3.63, 3.8) is 0 Å². The van der Waals surface area contributed by atoms with Crippen LogP contribution < -0.4 is 0 Å². The second kappa shape index (κ2) is 7.55. The van der Waals surface area contributed by atoms with Gasteiger partial charge in [-0.25, -0.2) is 0 Å². The maximum atomic E-state index is 6.29. The number of hydrogen-bond acceptors (Lipinski definition) is 3. The monoisotopic (exact) mass is 370 g/mol. The molecule has 2 heterocycles. The van der Waals surface area contributed by atoms with Gasteiger partial charge >= 0.3 is 0 Å². The summed E-state index contributed by atoms with van der Waals surface area (Å²) in [6, 6.07) is 14.9. The molecular formula is C21H23ClN2S. The van der Waals surface area contributed by atoms with E-state index in [1.807, 2.05) is 17.8 Å². The molecule has 2 aliphatic heterocycles. The Kier molecular flexibility index (Phi) is 5.18. The number of nitrogens with zero attached hydrogens (tertiary/aromatic N) is 2. The molecule has 2 aliphatic rings. The molecule has 0 bridgehead atoms. The molecule has 0 radical (unpaired) electrons. The summed E-state index contributed by atoms with van der Waals surface area (Å²) < 4.78 is 0. The quantitative estimate of drug-likeness (QED) is 0.649. The van der Waals surface area contributed by atoms with Crippen molar-refractivity contribution in [3.05, 3.63) is 64.7 Å². The minimum absolute atomic E-state index is 0.809. The zero-order valence-corrected chi connectivity index (χ0v) is 16.1. The highest BCUT2D eigenvalue weighted by Gasteiger charge is 2.21. The Hall–Kier alpha value is -1.26. The van der Waals surface area contributed by atoms with Crippen LogP contribution in [0.5, 0.6) is 0 Å². The summed E-state index contributed by atoms with van der Waals surface area (Å²) >= 11 is 8.13. The molecule has 1 saturated heterocycles. The Morgan fingerprint density at radius 2 is 1.76 bits per heavy atom. The van der Waals surface area contributed by atoms with Gasteiger partial charge in [-0.3, -0.25) is 0 Å². The molecular weight excluding hydrogens is 348 g/mol. The fourth-order valence-electron chi connectivity index (χ4n) is 3.53. The van der Waals surface area contributed by atoms with Crippen molar-refractivity contribution in [1.82, 2.24) is 9.80 Å². The van der Waals surface area contributed by atoms with Crippen LogP contribution in [0.4, 0.5) is 0 Å². The average Bonchev–Trinajstić information content (AvgIpc) is 2.63. The highest BCUT2D eigenvalue weighted by atomic mass is 35.5. The molecule has 0 atom stereocenters. The van der Waals surface area contributed by atoms with Crippen molar-refractivity contribution >= 4 is 28.9 Å². The third kappa shape index (κ3) is 3.80. The van der Waals surface area contributed by atoms with Crippen molar-refractivity contribution in [2.75, 3.05) is 39.8 Å². The lowest BCUT2D eigenvalue weighted by Crippen LogP contribution is -2.44. The van der Waals surface area contributed by atoms with Crippen molar-refractivity contribution < 1.29 is 0 Å². The van der Waals surface area contributed by atoms with E-state index in [0.29, 0.717) is 0 Å². The van der Waals surface area contributed by atoms with Crippen LogP contribution >= 0.6 is 23.4 Å². The lowest BCUT2D eigenvalue weighted by Gasteiger charge is -2.32. The number of rotatable bonds is 3. The van der Waals surface area contributed by atoms with Crippen LogP contribution in [-0.4, -0.2) is 49.6 Å². The van der Waals surface area contributed by atoms with Gasteiger partial charge in [0.2, 0.25) is 0 Å². The van der Waals surface area contributed by atoms with E-state index < -0.39 is 0 Å². The van der Waals surface area contributed by atoms with Gasteiger partial charge < -0.3 is 9.80 Å². The lowest BCUT2D eigenvalue weighted by molar-refractivity contribution is 0.156. The highest BCUT2D eigenvalue weighted by Crippen LogP contribution is 2.46. The molecule has 0 amide bonds. The summed E-state index contributed by atoms with van der Waals surface area (Å²) in [6.45, 7) is 5.83. The van der Waals surface area contributed by atoms with Gasteiger partial charge in [-0.1, -0.05) is 47.6 Å². The van der Waals surface area contributed by atoms with Gasteiger partial charge in [-0.2, -0.15) is 0 Å². The molecule has 2 aromatic carbocycles. The lowest BCUT2D eigenvalue weighted by atomic mass is 9.96. The normalized spacial score (nSPS) is 19.7. The van der Waals surface area contributed by atoms with E-state index in [-0.39, 0.29) is 0 Å². The van der Waals surface area contributed by atoms with Crippen molar-refractivity contribution in [3.8, 4) is 0 Å². The van der Waals surface area contributed by atoms with Gasteiger partial charge in [0.05, 0.1) is 0 Å². The van der Waals surface area contributed by atoms with Gasteiger partial charge in [0, 0.05) is 47.5 Å². The number of fused-ring (bicyclic) bond motifs is 2. The minimum Gasteiger partial charge on any atom is -0.304 e. The molecule has 0 saturated carbocycles. The van der Waals surface area contributed by atoms with Crippen molar-refractivity contribution in [2.45, 2.75) is 16.2 Å². The topological polar surface area (TPSA) is 6.48 Å².